The number of nitrogens with one attached hydrogen (secondary N) is 1. The summed E-state index contributed by atoms with van der Waals surface area (Å²) >= 11 is 0. The molecule has 1 aromatic heterocycles. The maximum atomic E-state index is 12.2. The summed E-state index contributed by atoms with van der Waals surface area (Å²) in [4.78, 5) is 16.3. The van der Waals surface area contributed by atoms with Crippen molar-refractivity contribution in [3.63, 3.8) is 0 Å². The third-order valence-electron chi connectivity index (χ3n) is 3.39. The normalized spacial score (nSPS) is 20.6. The highest BCUT2D eigenvalue weighted by molar-refractivity contribution is 7.88. The summed E-state index contributed by atoms with van der Waals surface area (Å²) in [5, 5.41) is 2.75. The van der Waals surface area contributed by atoms with Crippen LogP contribution in [0.15, 0.2) is 18.3 Å². The predicted octanol–water partition coefficient (Wildman–Crippen LogP) is 1.00. The number of aromatic nitrogens is 1. The van der Waals surface area contributed by atoms with Gasteiger partial charge in [-0.3, -0.25) is 4.79 Å². The second-order valence-corrected chi connectivity index (χ2v) is 7.15. The Hall–Kier alpha value is -1.47. The molecule has 0 bridgehead atoms. The van der Waals surface area contributed by atoms with Crippen LogP contribution in [0.3, 0.4) is 0 Å². The van der Waals surface area contributed by atoms with Crippen LogP contribution in [0.1, 0.15) is 18.4 Å². The van der Waals surface area contributed by atoms with Gasteiger partial charge in [-0.2, -0.15) is 0 Å². The second-order valence-electron chi connectivity index (χ2n) is 5.17. The van der Waals surface area contributed by atoms with Crippen molar-refractivity contribution in [1.29, 1.82) is 0 Å². The van der Waals surface area contributed by atoms with E-state index < -0.39 is 10.0 Å². The van der Waals surface area contributed by atoms with Gasteiger partial charge in [0.2, 0.25) is 15.9 Å². The van der Waals surface area contributed by atoms with E-state index >= 15 is 0 Å². The van der Waals surface area contributed by atoms with Crippen molar-refractivity contribution >= 4 is 21.7 Å². The molecule has 1 N–H and O–H groups in total. The van der Waals surface area contributed by atoms with Crippen molar-refractivity contribution in [2.24, 2.45) is 5.92 Å². The van der Waals surface area contributed by atoms with Crippen molar-refractivity contribution in [3.05, 3.63) is 23.9 Å². The fourth-order valence-electron chi connectivity index (χ4n) is 2.29. The molecule has 20 heavy (non-hydrogen) atoms. The summed E-state index contributed by atoms with van der Waals surface area (Å²) < 4.78 is 24.4. The fraction of sp³-hybridized carbons (Fsp3) is 0.538. The maximum absolute atomic E-state index is 12.2. The van der Waals surface area contributed by atoms with Crippen LogP contribution < -0.4 is 5.32 Å². The minimum absolute atomic E-state index is 0.170. The first kappa shape index (κ1) is 14.9. The number of pyridine rings is 1. The number of amides is 1. The first-order valence-electron chi connectivity index (χ1n) is 6.55. The SMILES string of the molecule is Cc1ccnc(NC(=O)C2CCCN(S(C)(=O)=O)C2)c1. The molecule has 0 aliphatic carbocycles. The van der Waals surface area contributed by atoms with Gasteiger partial charge >= 0.3 is 0 Å². The van der Waals surface area contributed by atoms with Crippen molar-refractivity contribution in [2.75, 3.05) is 24.7 Å². The van der Waals surface area contributed by atoms with Crippen LogP contribution >= 0.6 is 0 Å². The van der Waals surface area contributed by atoms with Crippen LogP contribution in [0, 0.1) is 12.8 Å². The number of rotatable bonds is 3. The number of carbonyl (C=O) groups is 1. The number of nitrogens with zero attached hydrogens (tertiary/aromatic N) is 2. The molecule has 2 heterocycles. The summed E-state index contributed by atoms with van der Waals surface area (Å²) in [7, 11) is -3.23. The third kappa shape index (κ3) is 3.77. The molecule has 2 rings (SSSR count). The molecule has 1 fully saturated rings. The van der Waals surface area contributed by atoms with Crippen LogP contribution in [0.2, 0.25) is 0 Å². The summed E-state index contributed by atoms with van der Waals surface area (Å²) in [6.45, 7) is 2.66. The molecule has 0 saturated carbocycles. The van der Waals surface area contributed by atoms with E-state index in [0.29, 0.717) is 25.2 Å². The molecule has 1 aliphatic heterocycles. The molecular weight excluding hydrogens is 278 g/mol. The standard InChI is InChI=1S/C13H19N3O3S/c1-10-5-6-14-12(8-10)15-13(17)11-4-3-7-16(9-11)20(2,18)19/h5-6,8,11H,3-4,7,9H2,1-2H3,(H,14,15,17). The van der Waals surface area contributed by atoms with Gasteiger partial charge in [-0.1, -0.05) is 0 Å². The lowest BCUT2D eigenvalue weighted by molar-refractivity contribution is -0.120. The summed E-state index contributed by atoms with van der Waals surface area (Å²) in [5.74, 6) is 0.0173. The summed E-state index contributed by atoms with van der Waals surface area (Å²) in [6.07, 6.45) is 4.21. The van der Waals surface area contributed by atoms with Gasteiger partial charge in [0.1, 0.15) is 5.82 Å². The zero-order valence-corrected chi connectivity index (χ0v) is 12.5. The molecule has 7 heteroatoms. The monoisotopic (exact) mass is 297 g/mol. The van der Waals surface area contributed by atoms with Crippen LogP contribution in [-0.4, -0.2) is 43.0 Å². The fourth-order valence-corrected chi connectivity index (χ4v) is 3.20. The zero-order valence-electron chi connectivity index (χ0n) is 11.7. The average Bonchev–Trinajstić information content (AvgIpc) is 2.38. The van der Waals surface area contributed by atoms with E-state index in [-0.39, 0.29) is 18.4 Å². The molecule has 1 unspecified atom stereocenters. The number of aryl methyl sites for hydroxylation is 1. The van der Waals surface area contributed by atoms with E-state index in [1.54, 1.807) is 12.3 Å². The molecule has 6 nitrogen and oxygen atoms in total. The van der Waals surface area contributed by atoms with Gasteiger partial charge < -0.3 is 5.32 Å². The smallest absolute Gasteiger partial charge is 0.229 e. The Balaban J connectivity index is 2.02. The highest BCUT2D eigenvalue weighted by Crippen LogP contribution is 2.20. The second kappa shape index (κ2) is 5.88. The quantitative estimate of drug-likeness (QED) is 0.902. The van der Waals surface area contributed by atoms with Crippen LogP contribution in [0.5, 0.6) is 0 Å². The van der Waals surface area contributed by atoms with E-state index in [1.165, 1.54) is 10.6 Å². The predicted molar refractivity (Wildman–Crippen MR) is 76.7 cm³/mol. The molecule has 1 aliphatic rings. The first-order chi connectivity index (χ1) is 9.36. The van der Waals surface area contributed by atoms with Gasteiger partial charge in [-0.25, -0.2) is 17.7 Å². The van der Waals surface area contributed by atoms with E-state index in [2.05, 4.69) is 10.3 Å². The highest BCUT2D eigenvalue weighted by atomic mass is 32.2. The molecule has 1 amide bonds. The van der Waals surface area contributed by atoms with E-state index in [9.17, 15) is 13.2 Å². The molecule has 0 spiro atoms. The number of carbonyl (C=O) groups excluding carboxylic acids is 1. The minimum Gasteiger partial charge on any atom is -0.310 e. The Morgan fingerprint density at radius 3 is 2.90 bits per heavy atom. The van der Waals surface area contributed by atoms with Gasteiger partial charge in [0.05, 0.1) is 12.2 Å². The molecule has 1 saturated heterocycles. The van der Waals surface area contributed by atoms with E-state index in [1.807, 2.05) is 13.0 Å². The first-order valence-corrected chi connectivity index (χ1v) is 8.40. The minimum atomic E-state index is -3.23. The molecule has 0 aromatic carbocycles. The Kier molecular flexibility index (Phi) is 4.39. The van der Waals surface area contributed by atoms with Crippen LogP contribution in [0.4, 0.5) is 5.82 Å². The summed E-state index contributed by atoms with van der Waals surface area (Å²) in [6, 6.07) is 3.64. The van der Waals surface area contributed by atoms with Crippen molar-refractivity contribution in [2.45, 2.75) is 19.8 Å². The maximum Gasteiger partial charge on any atom is 0.229 e. The molecule has 1 aromatic rings. The number of hydrogen-bond donors (Lipinski definition) is 1. The number of sulfonamides is 1. The third-order valence-corrected chi connectivity index (χ3v) is 4.66. The van der Waals surface area contributed by atoms with Gasteiger partial charge in [-0.05, 0) is 37.5 Å². The van der Waals surface area contributed by atoms with Gasteiger partial charge in [0, 0.05) is 19.3 Å². The Morgan fingerprint density at radius 1 is 1.50 bits per heavy atom. The Labute approximate surface area is 119 Å². The van der Waals surface area contributed by atoms with Crippen LogP contribution in [0.25, 0.3) is 0 Å². The number of piperidine rings is 1. The molecule has 1 atom stereocenters. The van der Waals surface area contributed by atoms with E-state index in [0.717, 1.165) is 5.56 Å². The highest BCUT2D eigenvalue weighted by Gasteiger charge is 2.30. The van der Waals surface area contributed by atoms with Crippen LogP contribution in [-0.2, 0) is 14.8 Å². The van der Waals surface area contributed by atoms with Crippen molar-refractivity contribution in [1.82, 2.24) is 9.29 Å². The van der Waals surface area contributed by atoms with Crippen molar-refractivity contribution < 1.29 is 13.2 Å². The number of hydrogen-bond acceptors (Lipinski definition) is 4. The summed E-state index contributed by atoms with van der Waals surface area (Å²) in [5.41, 5.74) is 1.01. The lowest BCUT2D eigenvalue weighted by Gasteiger charge is -2.29. The Morgan fingerprint density at radius 2 is 2.25 bits per heavy atom. The average molecular weight is 297 g/mol. The van der Waals surface area contributed by atoms with Crippen molar-refractivity contribution in [3.8, 4) is 0 Å². The molecule has 110 valence electrons. The van der Waals surface area contributed by atoms with Gasteiger partial charge in [0.15, 0.2) is 0 Å². The largest absolute Gasteiger partial charge is 0.310 e. The van der Waals surface area contributed by atoms with Gasteiger partial charge in [0.25, 0.3) is 0 Å². The van der Waals surface area contributed by atoms with Gasteiger partial charge in [-0.15, -0.1) is 0 Å². The lowest BCUT2D eigenvalue weighted by Crippen LogP contribution is -2.43. The lowest BCUT2D eigenvalue weighted by atomic mass is 9.99. The molecular formula is C13H19N3O3S. The number of anilines is 1. The Bertz CT molecular complexity index is 601. The topological polar surface area (TPSA) is 79.4 Å². The molecule has 0 radical (unpaired) electrons. The zero-order chi connectivity index (χ0) is 14.8. The van der Waals surface area contributed by atoms with E-state index in [4.69, 9.17) is 0 Å².